The van der Waals surface area contributed by atoms with Gasteiger partial charge >= 0.3 is 0 Å². The van der Waals surface area contributed by atoms with Crippen LogP contribution < -0.4 is 10.3 Å². The molecule has 102 valence electrons. The molecular weight excluding hydrogens is 268 g/mol. The van der Waals surface area contributed by atoms with Crippen molar-refractivity contribution in [3.63, 3.8) is 0 Å². The molecule has 20 heavy (non-hydrogen) atoms. The standard InChI is InChI=1S/C16H16N2OS/c1-3-18(4-2)13-9-12-16(10-14(13)19)20-15-8-6-5-7-11(15)17-12/h5-10H,3-4H2,1-2H3. The number of fused-ring (bicyclic) bond motifs is 2. The van der Waals surface area contributed by atoms with Crippen LogP contribution in [0, 0.1) is 0 Å². The normalized spacial score (nSPS) is 11.1. The van der Waals surface area contributed by atoms with Crippen molar-refractivity contribution in [2.24, 2.45) is 0 Å². The molecule has 0 atom stereocenters. The Hall–Kier alpha value is -1.94. The van der Waals surface area contributed by atoms with Crippen LogP contribution in [0.25, 0.3) is 20.8 Å². The molecule has 1 heterocycles. The highest BCUT2D eigenvalue weighted by atomic mass is 32.1. The van der Waals surface area contributed by atoms with Gasteiger partial charge in [-0.1, -0.05) is 12.1 Å². The van der Waals surface area contributed by atoms with Gasteiger partial charge in [0.2, 0.25) is 5.43 Å². The fourth-order valence-electron chi connectivity index (χ4n) is 2.40. The van der Waals surface area contributed by atoms with Crippen molar-refractivity contribution in [2.45, 2.75) is 13.8 Å². The van der Waals surface area contributed by atoms with E-state index in [2.05, 4.69) is 23.7 Å². The highest BCUT2D eigenvalue weighted by Crippen LogP contribution is 2.31. The lowest BCUT2D eigenvalue weighted by Gasteiger charge is -2.21. The van der Waals surface area contributed by atoms with Crippen LogP contribution in [-0.4, -0.2) is 18.1 Å². The van der Waals surface area contributed by atoms with Crippen LogP contribution in [0.5, 0.6) is 0 Å². The van der Waals surface area contributed by atoms with Gasteiger partial charge in [-0.15, -0.1) is 11.3 Å². The summed E-state index contributed by atoms with van der Waals surface area (Å²) >= 11 is 1.62. The van der Waals surface area contributed by atoms with E-state index < -0.39 is 0 Å². The third-order valence-corrected chi connectivity index (χ3v) is 4.58. The number of anilines is 1. The third kappa shape index (κ3) is 2.16. The van der Waals surface area contributed by atoms with Crippen LogP contribution in [0.15, 0.2) is 41.2 Å². The first kappa shape index (κ1) is 13.1. The summed E-state index contributed by atoms with van der Waals surface area (Å²) < 4.78 is 1.11. The fourth-order valence-corrected chi connectivity index (χ4v) is 3.38. The molecule has 1 aliphatic carbocycles. The molecule has 0 saturated carbocycles. The van der Waals surface area contributed by atoms with Gasteiger partial charge in [0.15, 0.2) is 0 Å². The Balaban J connectivity index is 2.27. The van der Waals surface area contributed by atoms with Gasteiger partial charge in [-0.25, -0.2) is 4.98 Å². The van der Waals surface area contributed by atoms with Crippen molar-refractivity contribution in [2.75, 3.05) is 18.0 Å². The van der Waals surface area contributed by atoms with Gasteiger partial charge in [0.1, 0.15) is 0 Å². The van der Waals surface area contributed by atoms with Crippen LogP contribution in [0.3, 0.4) is 0 Å². The Kier molecular flexibility index (Phi) is 3.40. The number of para-hydroxylation sites is 1. The quantitative estimate of drug-likeness (QED) is 0.689. The fraction of sp³-hybridized carbons (Fsp3) is 0.250. The topological polar surface area (TPSA) is 33.2 Å². The maximum absolute atomic E-state index is 12.3. The summed E-state index contributed by atoms with van der Waals surface area (Å²) in [5, 5.41) is 0. The van der Waals surface area contributed by atoms with Crippen LogP contribution in [-0.2, 0) is 0 Å². The molecule has 4 heteroatoms. The minimum absolute atomic E-state index is 0.0783. The molecule has 2 aliphatic rings. The number of nitrogens with zero attached hydrogens (tertiary/aromatic N) is 2. The van der Waals surface area contributed by atoms with E-state index in [4.69, 9.17) is 0 Å². The number of rotatable bonds is 3. The molecule has 0 bridgehead atoms. The smallest absolute Gasteiger partial charge is 0.203 e. The van der Waals surface area contributed by atoms with Gasteiger partial charge in [0, 0.05) is 19.2 Å². The first-order valence-corrected chi connectivity index (χ1v) is 7.63. The van der Waals surface area contributed by atoms with Crippen LogP contribution in [0.4, 0.5) is 5.69 Å². The molecule has 0 spiro atoms. The van der Waals surface area contributed by atoms with E-state index in [0.29, 0.717) is 0 Å². The Morgan fingerprint density at radius 3 is 2.65 bits per heavy atom. The Bertz CT molecular complexity index is 777. The Labute approximate surface area is 121 Å². The molecule has 0 N–H and O–H groups in total. The van der Waals surface area contributed by atoms with Crippen molar-refractivity contribution in [1.29, 1.82) is 0 Å². The van der Waals surface area contributed by atoms with Crippen LogP contribution in [0.2, 0.25) is 0 Å². The molecule has 0 radical (unpaired) electrons. The molecule has 1 aromatic carbocycles. The second-order valence-corrected chi connectivity index (χ2v) is 5.73. The first-order valence-electron chi connectivity index (χ1n) is 6.81. The van der Waals surface area contributed by atoms with Crippen molar-refractivity contribution >= 4 is 27.2 Å². The predicted octanol–water partition coefficient (Wildman–Crippen LogP) is 3.61. The average Bonchev–Trinajstić information content (AvgIpc) is 2.47. The van der Waals surface area contributed by atoms with E-state index in [0.717, 1.165) is 39.6 Å². The van der Waals surface area contributed by atoms with E-state index in [1.165, 1.54) is 0 Å². The molecule has 1 aromatic rings. The van der Waals surface area contributed by atoms with Gasteiger partial charge in [0.05, 0.1) is 26.5 Å². The second-order valence-electron chi connectivity index (χ2n) is 4.64. The zero-order valence-corrected chi connectivity index (χ0v) is 12.4. The molecule has 3 rings (SSSR count). The summed E-state index contributed by atoms with van der Waals surface area (Å²) in [5.41, 5.74) is 2.70. The van der Waals surface area contributed by atoms with Gasteiger partial charge in [-0.3, -0.25) is 4.79 Å². The summed E-state index contributed by atoms with van der Waals surface area (Å²) in [5.74, 6) is 0. The molecule has 0 unspecified atom stereocenters. The average molecular weight is 284 g/mol. The van der Waals surface area contributed by atoms with Crippen LogP contribution in [0.1, 0.15) is 13.8 Å². The van der Waals surface area contributed by atoms with E-state index >= 15 is 0 Å². The number of hydrogen-bond donors (Lipinski definition) is 0. The lowest BCUT2D eigenvalue weighted by atomic mass is 10.2. The zero-order valence-electron chi connectivity index (χ0n) is 11.6. The Morgan fingerprint density at radius 1 is 1.15 bits per heavy atom. The van der Waals surface area contributed by atoms with Crippen molar-refractivity contribution in [3.8, 4) is 10.6 Å². The second kappa shape index (κ2) is 5.21. The number of aromatic nitrogens is 1. The lowest BCUT2D eigenvalue weighted by molar-refractivity contribution is 0.862. The lowest BCUT2D eigenvalue weighted by Crippen LogP contribution is -2.27. The third-order valence-electron chi connectivity index (χ3n) is 3.47. The van der Waals surface area contributed by atoms with Gasteiger partial charge in [0.25, 0.3) is 0 Å². The number of benzene rings is 2. The molecule has 0 aromatic heterocycles. The maximum Gasteiger partial charge on any atom is 0.203 e. The van der Waals surface area contributed by atoms with E-state index in [1.807, 2.05) is 30.3 Å². The van der Waals surface area contributed by atoms with E-state index in [1.54, 1.807) is 17.4 Å². The summed E-state index contributed by atoms with van der Waals surface area (Å²) in [6.07, 6.45) is 0. The van der Waals surface area contributed by atoms with Gasteiger partial charge < -0.3 is 4.90 Å². The SMILES string of the molecule is CCN(CC)c1cc2nc3ccccc3sc-2cc1=O. The maximum atomic E-state index is 12.3. The predicted molar refractivity (Wildman–Crippen MR) is 86.1 cm³/mol. The molecule has 0 saturated heterocycles. The molecule has 0 amide bonds. The summed E-state index contributed by atoms with van der Waals surface area (Å²) in [4.78, 5) is 20.0. The molecule has 1 aliphatic heterocycles. The van der Waals surface area contributed by atoms with Gasteiger partial charge in [-0.05, 0) is 32.0 Å². The minimum atomic E-state index is 0.0783. The highest BCUT2D eigenvalue weighted by Gasteiger charge is 2.14. The largest absolute Gasteiger partial charge is 0.369 e. The van der Waals surface area contributed by atoms with Gasteiger partial charge in [-0.2, -0.15) is 0 Å². The zero-order chi connectivity index (χ0) is 14.1. The van der Waals surface area contributed by atoms with Crippen LogP contribution >= 0.6 is 11.3 Å². The summed E-state index contributed by atoms with van der Waals surface area (Å²) in [6.45, 7) is 5.77. The first-order chi connectivity index (χ1) is 9.72. The molecule has 3 nitrogen and oxygen atoms in total. The summed E-state index contributed by atoms with van der Waals surface area (Å²) in [7, 11) is 0. The molecule has 0 fully saturated rings. The Morgan fingerprint density at radius 2 is 1.90 bits per heavy atom. The van der Waals surface area contributed by atoms with E-state index in [-0.39, 0.29) is 5.43 Å². The van der Waals surface area contributed by atoms with E-state index in [9.17, 15) is 4.79 Å². The monoisotopic (exact) mass is 284 g/mol. The summed E-state index contributed by atoms with van der Waals surface area (Å²) in [6, 6.07) is 11.7. The van der Waals surface area contributed by atoms with Crippen molar-refractivity contribution < 1.29 is 0 Å². The molecular formula is C16H16N2OS. The highest BCUT2D eigenvalue weighted by molar-refractivity contribution is 7.21. The number of hydrogen-bond acceptors (Lipinski definition) is 4. The van der Waals surface area contributed by atoms with Crippen molar-refractivity contribution in [1.82, 2.24) is 4.98 Å². The minimum Gasteiger partial charge on any atom is -0.369 e. The van der Waals surface area contributed by atoms with Crippen molar-refractivity contribution in [3.05, 3.63) is 46.6 Å².